The van der Waals surface area contributed by atoms with Crippen LogP contribution >= 0.6 is 11.8 Å². The first-order valence-corrected chi connectivity index (χ1v) is 7.89. The molecule has 0 heterocycles. The molecular formula is C13H25NS. The van der Waals surface area contributed by atoms with E-state index in [9.17, 15) is 0 Å². The normalized spacial score (nSPS) is 38.0. The van der Waals surface area contributed by atoms with Crippen LogP contribution < -0.4 is 5.32 Å². The fraction of sp³-hybridized carbons (Fsp3) is 1.00. The third kappa shape index (κ3) is 2.91. The topological polar surface area (TPSA) is 12.0 Å². The van der Waals surface area contributed by atoms with Crippen molar-refractivity contribution in [3.63, 3.8) is 0 Å². The summed E-state index contributed by atoms with van der Waals surface area (Å²) in [5, 5.41) is 3.59. The summed E-state index contributed by atoms with van der Waals surface area (Å²) >= 11 is 2.00. The Bertz CT molecular complexity index is 195. The van der Waals surface area contributed by atoms with Crippen molar-refractivity contribution in [3.8, 4) is 0 Å². The lowest BCUT2D eigenvalue weighted by Gasteiger charge is -2.31. The molecule has 0 saturated heterocycles. The van der Waals surface area contributed by atoms with E-state index in [0.717, 1.165) is 18.4 Å². The van der Waals surface area contributed by atoms with Crippen molar-refractivity contribution in [3.05, 3.63) is 0 Å². The maximum atomic E-state index is 3.59. The van der Waals surface area contributed by atoms with Crippen molar-refractivity contribution in [2.75, 3.05) is 25.1 Å². The molecule has 1 nitrogen and oxygen atoms in total. The zero-order valence-corrected chi connectivity index (χ0v) is 11.0. The first kappa shape index (κ1) is 11.8. The van der Waals surface area contributed by atoms with Gasteiger partial charge in [-0.15, -0.1) is 0 Å². The highest BCUT2D eigenvalue weighted by atomic mass is 32.2. The number of hydrogen-bond acceptors (Lipinski definition) is 2. The lowest BCUT2D eigenvalue weighted by atomic mass is 9.79. The largest absolute Gasteiger partial charge is 0.316 e. The van der Waals surface area contributed by atoms with Crippen molar-refractivity contribution < 1.29 is 0 Å². The van der Waals surface area contributed by atoms with Gasteiger partial charge in [0.2, 0.25) is 0 Å². The van der Waals surface area contributed by atoms with Gasteiger partial charge in [0.15, 0.2) is 0 Å². The Kier molecular flexibility index (Phi) is 4.00. The van der Waals surface area contributed by atoms with Crippen LogP contribution in [0.15, 0.2) is 0 Å². The summed E-state index contributed by atoms with van der Waals surface area (Å²) in [6.45, 7) is 4.65. The fourth-order valence-corrected chi connectivity index (χ4v) is 3.86. The molecule has 2 atom stereocenters. The van der Waals surface area contributed by atoms with Crippen LogP contribution in [0.2, 0.25) is 0 Å². The summed E-state index contributed by atoms with van der Waals surface area (Å²) in [6, 6.07) is 0. The van der Waals surface area contributed by atoms with Crippen molar-refractivity contribution in [1.82, 2.24) is 5.32 Å². The monoisotopic (exact) mass is 227 g/mol. The zero-order valence-electron chi connectivity index (χ0n) is 10.2. The summed E-state index contributed by atoms with van der Waals surface area (Å²) < 4.78 is 0. The van der Waals surface area contributed by atoms with Gasteiger partial charge in [-0.25, -0.2) is 0 Å². The van der Waals surface area contributed by atoms with E-state index in [-0.39, 0.29) is 0 Å². The van der Waals surface area contributed by atoms with Crippen LogP contribution in [0.25, 0.3) is 0 Å². The Morgan fingerprint density at radius 2 is 2.07 bits per heavy atom. The molecule has 0 aromatic carbocycles. The van der Waals surface area contributed by atoms with E-state index >= 15 is 0 Å². The standard InChI is InChI=1S/C13H25NS/c1-3-14-10-13(5-4-6-15-2)8-11-7-12(11)9-13/h11-12,14H,3-10H2,1-2H3. The fourth-order valence-electron chi connectivity index (χ4n) is 3.42. The van der Waals surface area contributed by atoms with Gasteiger partial charge in [-0.1, -0.05) is 6.92 Å². The first-order valence-electron chi connectivity index (χ1n) is 6.49. The minimum absolute atomic E-state index is 0.694. The van der Waals surface area contributed by atoms with Gasteiger partial charge in [-0.3, -0.25) is 0 Å². The zero-order chi connectivity index (χ0) is 10.7. The molecule has 0 aliphatic heterocycles. The Hall–Kier alpha value is 0.310. The highest BCUT2D eigenvalue weighted by Gasteiger charge is 2.52. The molecule has 2 rings (SSSR count). The van der Waals surface area contributed by atoms with Gasteiger partial charge in [0.25, 0.3) is 0 Å². The van der Waals surface area contributed by atoms with Crippen LogP contribution in [0.3, 0.4) is 0 Å². The number of thioether (sulfide) groups is 1. The van der Waals surface area contributed by atoms with Crippen LogP contribution in [0.1, 0.15) is 39.0 Å². The molecule has 15 heavy (non-hydrogen) atoms. The molecule has 2 heteroatoms. The summed E-state index contributed by atoms with van der Waals surface area (Å²) in [5.74, 6) is 3.60. The molecule has 0 aromatic rings. The van der Waals surface area contributed by atoms with Crippen LogP contribution in [-0.2, 0) is 0 Å². The molecule has 88 valence electrons. The lowest BCUT2D eigenvalue weighted by Crippen LogP contribution is -2.33. The Morgan fingerprint density at radius 3 is 2.67 bits per heavy atom. The van der Waals surface area contributed by atoms with Gasteiger partial charge >= 0.3 is 0 Å². The predicted octanol–water partition coefficient (Wildman–Crippen LogP) is 3.16. The number of fused-ring (bicyclic) bond motifs is 1. The minimum atomic E-state index is 0.694. The van der Waals surface area contributed by atoms with Crippen LogP contribution in [-0.4, -0.2) is 25.1 Å². The van der Waals surface area contributed by atoms with Gasteiger partial charge in [-0.2, -0.15) is 11.8 Å². The maximum Gasteiger partial charge on any atom is 0.000790 e. The molecule has 0 aromatic heterocycles. The van der Waals surface area contributed by atoms with E-state index < -0.39 is 0 Å². The van der Waals surface area contributed by atoms with Gasteiger partial charge in [0, 0.05) is 6.54 Å². The smallest absolute Gasteiger partial charge is 0.000790 e. The first-order chi connectivity index (χ1) is 7.29. The Morgan fingerprint density at radius 1 is 1.33 bits per heavy atom. The van der Waals surface area contributed by atoms with E-state index in [1.807, 2.05) is 11.8 Å². The van der Waals surface area contributed by atoms with Gasteiger partial charge in [0.1, 0.15) is 0 Å². The quantitative estimate of drug-likeness (QED) is 0.671. The van der Waals surface area contributed by atoms with Crippen LogP contribution in [0.4, 0.5) is 0 Å². The summed E-state index contributed by atoms with van der Waals surface area (Å²) in [7, 11) is 0. The lowest BCUT2D eigenvalue weighted by molar-refractivity contribution is 0.230. The molecule has 2 saturated carbocycles. The maximum absolute atomic E-state index is 3.59. The van der Waals surface area contributed by atoms with E-state index in [2.05, 4.69) is 18.5 Å². The second-order valence-corrected chi connectivity index (χ2v) is 6.53. The predicted molar refractivity (Wildman–Crippen MR) is 69.4 cm³/mol. The second kappa shape index (κ2) is 5.09. The Labute approximate surface area is 98.8 Å². The number of hydrogen-bond donors (Lipinski definition) is 1. The van der Waals surface area contributed by atoms with Crippen LogP contribution in [0.5, 0.6) is 0 Å². The minimum Gasteiger partial charge on any atom is -0.316 e. The van der Waals surface area contributed by atoms with Crippen molar-refractivity contribution >= 4 is 11.8 Å². The van der Waals surface area contributed by atoms with Crippen LogP contribution in [0, 0.1) is 17.3 Å². The second-order valence-electron chi connectivity index (χ2n) is 5.54. The van der Waals surface area contributed by atoms with Crippen molar-refractivity contribution in [1.29, 1.82) is 0 Å². The van der Waals surface area contributed by atoms with Crippen molar-refractivity contribution in [2.24, 2.45) is 17.3 Å². The molecule has 2 aliphatic carbocycles. The summed E-state index contributed by atoms with van der Waals surface area (Å²) in [6.07, 6.45) is 9.72. The highest BCUT2D eigenvalue weighted by molar-refractivity contribution is 7.98. The summed E-state index contributed by atoms with van der Waals surface area (Å²) in [5.41, 5.74) is 0.694. The number of nitrogens with one attached hydrogen (secondary N) is 1. The molecule has 0 bridgehead atoms. The van der Waals surface area contributed by atoms with E-state index in [4.69, 9.17) is 0 Å². The molecule has 2 unspecified atom stereocenters. The highest BCUT2D eigenvalue weighted by Crippen LogP contribution is 2.61. The van der Waals surface area contributed by atoms with E-state index in [0.29, 0.717) is 5.41 Å². The molecular weight excluding hydrogens is 202 g/mol. The molecule has 1 N–H and O–H groups in total. The third-order valence-corrected chi connectivity index (χ3v) is 4.96. The number of rotatable bonds is 7. The average Bonchev–Trinajstić information content (AvgIpc) is 2.85. The molecule has 0 amide bonds. The average molecular weight is 227 g/mol. The molecule has 0 spiro atoms. The van der Waals surface area contributed by atoms with E-state index in [1.165, 1.54) is 38.0 Å². The molecule has 2 aliphatic rings. The van der Waals surface area contributed by atoms with E-state index in [1.54, 1.807) is 6.42 Å². The van der Waals surface area contributed by atoms with Gasteiger partial charge < -0.3 is 5.32 Å². The van der Waals surface area contributed by atoms with Gasteiger partial charge in [-0.05, 0) is 67.9 Å². The van der Waals surface area contributed by atoms with Gasteiger partial charge in [0.05, 0.1) is 0 Å². The molecule has 2 fully saturated rings. The van der Waals surface area contributed by atoms with Crippen molar-refractivity contribution in [2.45, 2.75) is 39.0 Å². The summed E-state index contributed by atoms with van der Waals surface area (Å²) in [4.78, 5) is 0. The molecule has 0 radical (unpaired) electrons. The Balaban J connectivity index is 1.79. The third-order valence-electron chi connectivity index (χ3n) is 4.27. The SMILES string of the molecule is CCNCC1(CCCSC)CC2CC2C1.